The summed E-state index contributed by atoms with van der Waals surface area (Å²) in [4.78, 5) is 30.6. The number of nitrogens with one attached hydrogen (secondary N) is 1. The first-order valence-electron chi connectivity index (χ1n) is 9.07. The highest BCUT2D eigenvalue weighted by Crippen LogP contribution is 2.33. The molecule has 2 heterocycles. The smallest absolute Gasteiger partial charge is 0.324 e. The fourth-order valence-electron chi connectivity index (χ4n) is 3.55. The molecule has 6 nitrogen and oxygen atoms in total. The van der Waals surface area contributed by atoms with Crippen molar-refractivity contribution in [3.8, 4) is 5.69 Å². The molecule has 26 heavy (non-hydrogen) atoms. The second kappa shape index (κ2) is 7.15. The van der Waals surface area contributed by atoms with Crippen LogP contribution in [0.2, 0.25) is 0 Å². The number of amides is 3. The number of fused-ring (bicyclic) bond motifs is 1. The van der Waals surface area contributed by atoms with Crippen LogP contribution in [0.25, 0.3) is 5.69 Å². The summed E-state index contributed by atoms with van der Waals surface area (Å²) in [5, 5.41) is 3.15. The molecule has 1 atom stereocenters. The molecule has 0 radical (unpaired) electrons. The van der Waals surface area contributed by atoms with Crippen LogP contribution in [0.3, 0.4) is 0 Å². The number of para-hydroxylation sites is 1. The van der Waals surface area contributed by atoms with Crippen LogP contribution in [0, 0.1) is 0 Å². The number of rotatable bonds is 4. The highest BCUT2D eigenvalue weighted by molar-refractivity contribution is 8.00. The highest BCUT2D eigenvalue weighted by Gasteiger charge is 2.32. The molecule has 0 unspecified atom stereocenters. The number of imidazole rings is 1. The van der Waals surface area contributed by atoms with Gasteiger partial charge in [-0.2, -0.15) is 0 Å². The summed E-state index contributed by atoms with van der Waals surface area (Å²) < 4.78 is 2.19. The van der Waals surface area contributed by atoms with E-state index in [-0.39, 0.29) is 17.2 Å². The van der Waals surface area contributed by atoms with E-state index < -0.39 is 0 Å². The number of aromatic nitrogens is 2. The van der Waals surface area contributed by atoms with Gasteiger partial charge in [-0.25, -0.2) is 9.78 Å². The van der Waals surface area contributed by atoms with Gasteiger partial charge in [0.25, 0.3) is 0 Å². The quantitative estimate of drug-likeness (QED) is 0.841. The van der Waals surface area contributed by atoms with E-state index in [1.807, 2.05) is 25.1 Å². The Labute approximate surface area is 157 Å². The third kappa shape index (κ3) is 3.11. The second-order valence-electron chi connectivity index (χ2n) is 6.65. The molecule has 1 aromatic carbocycles. The van der Waals surface area contributed by atoms with Crippen LogP contribution < -0.4 is 5.32 Å². The van der Waals surface area contributed by atoms with Gasteiger partial charge in [-0.15, -0.1) is 0 Å². The van der Waals surface area contributed by atoms with E-state index in [0.717, 1.165) is 42.2 Å². The third-order valence-electron chi connectivity index (χ3n) is 4.87. The summed E-state index contributed by atoms with van der Waals surface area (Å²) in [7, 11) is 0. The van der Waals surface area contributed by atoms with Gasteiger partial charge in [-0.05, 0) is 44.7 Å². The number of urea groups is 1. The summed E-state index contributed by atoms with van der Waals surface area (Å²) >= 11 is 1.44. The van der Waals surface area contributed by atoms with E-state index in [1.54, 1.807) is 0 Å². The highest BCUT2D eigenvalue weighted by atomic mass is 32.2. The number of thioether (sulfide) groups is 1. The monoisotopic (exact) mass is 370 g/mol. The van der Waals surface area contributed by atoms with Crippen LogP contribution >= 0.6 is 11.8 Å². The molecule has 1 saturated heterocycles. The topological polar surface area (TPSA) is 67.2 Å². The van der Waals surface area contributed by atoms with Gasteiger partial charge in [-0.3, -0.25) is 14.3 Å². The van der Waals surface area contributed by atoms with E-state index in [2.05, 4.69) is 22.0 Å². The maximum absolute atomic E-state index is 12.7. The Hall–Kier alpha value is -2.28. The lowest BCUT2D eigenvalue weighted by molar-refractivity contribution is -0.126. The van der Waals surface area contributed by atoms with Gasteiger partial charge in [0, 0.05) is 24.5 Å². The van der Waals surface area contributed by atoms with Crippen molar-refractivity contribution < 1.29 is 9.59 Å². The number of aryl methyl sites for hydroxylation is 1. The molecule has 1 fully saturated rings. The van der Waals surface area contributed by atoms with Crippen molar-refractivity contribution in [3.05, 3.63) is 41.7 Å². The Kier molecular flexibility index (Phi) is 4.72. The summed E-state index contributed by atoms with van der Waals surface area (Å²) in [6.45, 7) is 2.81. The second-order valence-corrected chi connectivity index (χ2v) is 7.96. The maximum atomic E-state index is 12.7. The normalized spacial score (nSPS) is 17.7. The zero-order chi connectivity index (χ0) is 18.1. The van der Waals surface area contributed by atoms with Crippen molar-refractivity contribution >= 4 is 23.7 Å². The van der Waals surface area contributed by atoms with Crippen molar-refractivity contribution in [2.75, 3.05) is 13.1 Å². The third-order valence-corrected chi connectivity index (χ3v) is 5.91. The number of nitrogens with zero attached hydrogens (tertiary/aromatic N) is 3. The van der Waals surface area contributed by atoms with E-state index >= 15 is 0 Å². The van der Waals surface area contributed by atoms with Gasteiger partial charge in [0.15, 0.2) is 5.16 Å². The molecule has 3 amide bonds. The van der Waals surface area contributed by atoms with Gasteiger partial charge < -0.3 is 5.32 Å². The van der Waals surface area contributed by atoms with Crippen LogP contribution in [0.5, 0.6) is 0 Å². The average Bonchev–Trinajstić information content (AvgIpc) is 3.24. The Morgan fingerprint density at radius 1 is 1.23 bits per heavy atom. The Morgan fingerprint density at radius 2 is 2.00 bits per heavy atom. The van der Waals surface area contributed by atoms with Gasteiger partial charge >= 0.3 is 6.03 Å². The average molecular weight is 370 g/mol. The molecule has 1 aliphatic carbocycles. The van der Waals surface area contributed by atoms with Gasteiger partial charge in [0.05, 0.1) is 10.9 Å². The van der Waals surface area contributed by atoms with Crippen molar-refractivity contribution in [3.63, 3.8) is 0 Å². The molecule has 1 N–H and O–H groups in total. The number of carbonyl (C=O) groups excluding carboxylic acids is 2. The number of benzene rings is 1. The first-order chi connectivity index (χ1) is 12.6. The minimum absolute atomic E-state index is 0.161. The molecule has 136 valence electrons. The van der Waals surface area contributed by atoms with Crippen molar-refractivity contribution in [1.82, 2.24) is 19.8 Å². The van der Waals surface area contributed by atoms with E-state index in [9.17, 15) is 9.59 Å². The molecule has 7 heteroatoms. The number of hydrogen-bond donors (Lipinski definition) is 1. The molecular formula is C19H22N4O2S. The van der Waals surface area contributed by atoms with Crippen LogP contribution in [-0.4, -0.2) is 44.7 Å². The predicted molar refractivity (Wildman–Crippen MR) is 101 cm³/mol. The largest absolute Gasteiger partial charge is 0.336 e. The number of hydrogen-bond acceptors (Lipinski definition) is 4. The maximum Gasteiger partial charge on any atom is 0.324 e. The van der Waals surface area contributed by atoms with Crippen molar-refractivity contribution in [1.29, 1.82) is 0 Å². The molecular weight excluding hydrogens is 348 g/mol. The fraction of sp³-hybridized carbons (Fsp3) is 0.421. The molecule has 1 aromatic heterocycles. The Morgan fingerprint density at radius 3 is 2.73 bits per heavy atom. The molecule has 0 saturated carbocycles. The molecule has 1 aliphatic heterocycles. The summed E-state index contributed by atoms with van der Waals surface area (Å²) in [6, 6.07) is 9.87. The Balaban J connectivity index is 1.65. The molecule has 4 rings (SSSR count). The van der Waals surface area contributed by atoms with Crippen LogP contribution in [0.1, 0.15) is 31.2 Å². The van der Waals surface area contributed by atoms with E-state index in [4.69, 9.17) is 4.98 Å². The van der Waals surface area contributed by atoms with Crippen molar-refractivity contribution in [2.24, 2.45) is 0 Å². The SMILES string of the molecule is C[C@H](Sc1nc2c(n1-c1ccccc1)CCCC2)C(=O)N1CCNC1=O. The van der Waals surface area contributed by atoms with Gasteiger partial charge in [-0.1, -0.05) is 30.0 Å². The number of carbonyl (C=O) groups is 2. The minimum atomic E-state index is -0.370. The van der Waals surface area contributed by atoms with Crippen molar-refractivity contribution in [2.45, 2.75) is 43.0 Å². The molecule has 0 bridgehead atoms. The summed E-state index contributed by atoms with van der Waals surface area (Å²) in [5.41, 5.74) is 3.47. The lowest BCUT2D eigenvalue weighted by atomic mass is 10.0. The molecule has 0 spiro atoms. The zero-order valence-electron chi connectivity index (χ0n) is 14.8. The van der Waals surface area contributed by atoms with E-state index in [1.165, 1.54) is 22.4 Å². The fourth-order valence-corrected chi connectivity index (χ4v) is 4.58. The molecule has 2 aromatic rings. The van der Waals surface area contributed by atoms with E-state index in [0.29, 0.717) is 13.1 Å². The van der Waals surface area contributed by atoms with Crippen LogP contribution in [0.15, 0.2) is 35.5 Å². The first-order valence-corrected chi connectivity index (χ1v) is 9.95. The van der Waals surface area contributed by atoms with Gasteiger partial charge in [0.2, 0.25) is 5.91 Å². The summed E-state index contributed by atoms with van der Waals surface area (Å²) in [6.07, 6.45) is 4.32. The Bertz CT molecular complexity index is 834. The predicted octanol–water partition coefficient (Wildman–Crippen LogP) is 2.78. The lowest BCUT2D eigenvalue weighted by Gasteiger charge is -2.18. The first kappa shape index (κ1) is 17.1. The molecule has 2 aliphatic rings. The lowest BCUT2D eigenvalue weighted by Crippen LogP contribution is -2.39. The standard InChI is InChI=1S/C19H22N4O2S/c1-13(17(24)22-12-11-20-18(22)25)26-19-21-15-9-5-6-10-16(15)23(19)14-7-3-2-4-8-14/h2-4,7-8,13H,5-6,9-12H2,1H3,(H,20,25)/t13-/m0/s1. The zero-order valence-corrected chi connectivity index (χ0v) is 15.6. The minimum Gasteiger partial charge on any atom is -0.336 e. The van der Waals surface area contributed by atoms with Gasteiger partial charge in [0.1, 0.15) is 0 Å². The number of imide groups is 1. The van der Waals surface area contributed by atoms with Crippen LogP contribution in [0.4, 0.5) is 4.79 Å². The summed E-state index contributed by atoms with van der Waals surface area (Å²) in [5.74, 6) is -0.161. The van der Waals surface area contributed by atoms with Crippen LogP contribution in [-0.2, 0) is 17.6 Å².